The van der Waals surface area contributed by atoms with Crippen LogP contribution >= 0.6 is 0 Å². The topological polar surface area (TPSA) is 236 Å². The molecule has 7 fully saturated rings. The minimum atomic E-state index is -4.46. The zero-order valence-corrected chi connectivity index (χ0v) is 65.3. The van der Waals surface area contributed by atoms with Crippen LogP contribution in [0.2, 0.25) is 0 Å². The molecule has 21 rings (SSSR count). The van der Waals surface area contributed by atoms with E-state index in [1.807, 2.05) is 41.3 Å². The highest BCUT2D eigenvalue weighted by molar-refractivity contribution is 6.06. The molecule has 6 aromatic heterocycles. The maximum atomic E-state index is 13.3. The number of halogens is 12. The third kappa shape index (κ3) is 16.5. The molecule has 9 aliphatic heterocycles. The van der Waals surface area contributed by atoms with Gasteiger partial charge in [-0.25, -0.2) is 44.1 Å². The Labute approximate surface area is 690 Å². The van der Waals surface area contributed by atoms with E-state index in [1.54, 1.807) is 98.6 Å². The number of pyridine rings is 5. The lowest BCUT2D eigenvalue weighted by molar-refractivity contribution is -0.179. The van der Waals surface area contributed by atoms with Crippen molar-refractivity contribution in [3.05, 3.63) is 187 Å². The Balaban J connectivity index is 0.000000111. The number of benzene rings is 4. The first-order chi connectivity index (χ1) is 58.6. The highest BCUT2D eigenvalue weighted by Gasteiger charge is 2.48. The summed E-state index contributed by atoms with van der Waals surface area (Å²) in [5.41, 5.74) is 4.65. The van der Waals surface area contributed by atoms with Crippen molar-refractivity contribution in [2.45, 2.75) is 132 Å². The van der Waals surface area contributed by atoms with Gasteiger partial charge < -0.3 is 39.6 Å². The maximum absolute atomic E-state index is 13.3. The first-order valence-corrected chi connectivity index (χ1v) is 40.6. The first-order valence-electron chi connectivity index (χ1n) is 40.6. The van der Waals surface area contributed by atoms with E-state index in [1.165, 1.54) is 18.2 Å². The number of urea groups is 4. The van der Waals surface area contributed by atoms with Crippen molar-refractivity contribution in [1.29, 1.82) is 0 Å². The number of piperidine rings is 1. The van der Waals surface area contributed by atoms with Gasteiger partial charge in [0, 0.05) is 100 Å². The van der Waals surface area contributed by atoms with Gasteiger partial charge in [-0.2, -0.15) is 57.7 Å². The van der Waals surface area contributed by atoms with Crippen molar-refractivity contribution in [1.82, 2.24) is 40.5 Å². The lowest BCUT2D eigenvalue weighted by Crippen LogP contribution is -2.54. The molecule has 8 amide bonds. The number of carbonyl (C=O) groups excluding carboxylic acids is 4. The fourth-order valence-corrected chi connectivity index (χ4v) is 17.5. The predicted molar refractivity (Wildman–Crippen MR) is 436 cm³/mol. The minimum Gasteiger partial charge on any atom is -0.423 e. The van der Waals surface area contributed by atoms with E-state index in [0.29, 0.717) is 99.4 Å². The average Bonchev–Trinajstić information content (AvgIpc) is 1.56. The van der Waals surface area contributed by atoms with Gasteiger partial charge in [0.05, 0.1) is 86.6 Å². The molecule has 4 atom stereocenters. The fourth-order valence-electron chi connectivity index (χ4n) is 17.5. The molecular weight excluding hydrogens is 1610 g/mol. The van der Waals surface area contributed by atoms with Crippen molar-refractivity contribution in [2.24, 2.45) is 5.92 Å². The van der Waals surface area contributed by atoms with Gasteiger partial charge >= 0.3 is 54.8 Å². The number of hydrogen-bond acceptors (Lipinski definition) is 16. The van der Waals surface area contributed by atoms with Gasteiger partial charge in [-0.3, -0.25) is 30.2 Å². The number of carbonyl (C=O) groups is 4. The molecular formula is C86H81F12N19O5. The van der Waals surface area contributed by atoms with E-state index in [-0.39, 0.29) is 73.2 Å². The smallest absolute Gasteiger partial charge is 0.416 e. The molecule has 5 saturated heterocycles. The summed E-state index contributed by atoms with van der Waals surface area (Å²) in [4.78, 5) is 96.7. The number of nitrogens with one attached hydrogen (secondary N) is 4. The molecule has 634 valence electrons. The van der Waals surface area contributed by atoms with Gasteiger partial charge in [-0.1, -0.05) is 54.6 Å². The second-order valence-electron chi connectivity index (χ2n) is 32.1. The van der Waals surface area contributed by atoms with E-state index >= 15 is 0 Å². The largest absolute Gasteiger partial charge is 0.423 e. The molecule has 0 unspecified atom stereocenters. The van der Waals surface area contributed by atoms with Crippen LogP contribution in [0.3, 0.4) is 0 Å². The average molecular weight is 1690 g/mol. The fraction of sp³-hybridized carbons (Fsp3) is 0.372. The third-order valence-corrected chi connectivity index (χ3v) is 24.2. The monoisotopic (exact) mass is 1690 g/mol. The molecule has 122 heavy (non-hydrogen) atoms. The Morgan fingerprint density at radius 2 is 0.762 bits per heavy atom. The SMILES string of the molecule is O=C(NC1CC1)N1c2nc(-c3cccc(C(F)(F)F)c3)ccc2N2CC[C@H]1C2.O=C(NC1CCC1)N1c2nc(-c3cccc(C(F)(F)F)c3)ccc2N2CC[C@H]1C2.O=C(Nc1ccccn1)N1c2nc(N3CCC(C(F)(F)F)CC3)ccc2N2CC[C@H]1C2.O=C(Nc1nc2ccccc2o1)N1c2nc(-c3cccc(C(F)(F)F)c3)ccc2N2CC[C@H]1C2. The highest BCUT2D eigenvalue weighted by atomic mass is 19.4. The maximum Gasteiger partial charge on any atom is 0.416 e. The molecule has 15 heterocycles. The number of fused-ring (bicyclic) bond motifs is 17. The molecule has 8 bridgehead atoms. The highest BCUT2D eigenvalue weighted by Crippen LogP contribution is 2.48. The Bertz CT molecular complexity index is 5590. The van der Waals surface area contributed by atoms with Gasteiger partial charge in [0.15, 0.2) is 28.9 Å². The molecule has 36 heteroatoms. The summed E-state index contributed by atoms with van der Waals surface area (Å²) >= 11 is 0. The molecule has 4 aromatic carbocycles. The lowest BCUT2D eigenvalue weighted by atomic mass is 9.93. The molecule has 2 saturated carbocycles. The van der Waals surface area contributed by atoms with E-state index in [9.17, 15) is 71.9 Å². The molecule has 0 spiro atoms. The first kappa shape index (κ1) is 80.4. The van der Waals surface area contributed by atoms with Crippen LogP contribution < -0.4 is 65.4 Å². The van der Waals surface area contributed by atoms with Crippen molar-refractivity contribution in [3.8, 4) is 33.8 Å². The number of para-hydroxylation sites is 2. The summed E-state index contributed by atoms with van der Waals surface area (Å²) in [5.74, 6) is 1.82. The summed E-state index contributed by atoms with van der Waals surface area (Å²) < 4.78 is 163. The van der Waals surface area contributed by atoms with Gasteiger partial charge in [-0.05, 0) is 180 Å². The number of hydrogen-bond donors (Lipinski definition) is 4. The van der Waals surface area contributed by atoms with Crippen LogP contribution in [0.5, 0.6) is 0 Å². The number of nitrogens with zero attached hydrogens (tertiary/aromatic N) is 15. The summed E-state index contributed by atoms with van der Waals surface area (Å²) in [5, 5.41) is 11.6. The van der Waals surface area contributed by atoms with Gasteiger partial charge in [0.25, 0.3) is 0 Å². The third-order valence-electron chi connectivity index (χ3n) is 24.2. The number of rotatable bonds is 8. The number of oxazole rings is 1. The zero-order valence-electron chi connectivity index (χ0n) is 65.3. The Morgan fingerprint density at radius 3 is 1.16 bits per heavy atom. The van der Waals surface area contributed by atoms with Crippen molar-refractivity contribution in [3.63, 3.8) is 0 Å². The predicted octanol–water partition coefficient (Wildman–Crippen LogP) is 17.9. The molecule has 10 aromatic rings. The van der Waals surface area contributed by atoms with E-state index in [2.05, 4.69) is 65.8 Å². The molecule has 4 N–H and O–H groups in total. The van der Waals surface area contributed by atoms with E-state index in [0.717, 1.165) is 163 Å². The Kier molecular flexibility index (Phi) is 21.1. The molecule has 2 aliphatic carbocycles. The van der Waals surface area contributed by atoms with Crippen LogP contribution in [-0.4, -0.2) is 162 Å². The molecule has 11 aliphatic rings. The summed E-state index contributed by atoms with van der Waals surface area (Å²) in [6.07, 6.45) is -7.35. The van der Waals surface area contributed by atoms with Gasteiger partial charge in [-0.15, -0.1) is 0 Å². The quantitative estimate of drug-likeness (QED) is 0.104. The standard InChI is InChI=1S/C24H18F3N5O2.C21H23F3N6O.C21H21F3N4O.C20H19F3N4O/c25-24(26,27)15-5-3-4-14(12-15)17-8-9-19-21(28-17)32(16-10-11-31(19)13-16)23(33)30-22-29-18-6-1-2-7-20(18)34-22;22-21(23,24)14-6-10-28(11-7-14)18-5-4-16-19(27-18)30(15-8-12-29(16)13-15)20(31)26-17-3-1-2-9-25-17;22-21(23,24)14-4-1-3-13(11-14)17-7-8-18-19(26-17)28(16-9-10-27(18)12-16)20(29)25-15-5-2-6-15;21-20(22,23)13-3-1-2-12(10-13)16-6-7-17-18(25-16)27(15-8-9-26(17)11-15)19(28)24-14-4-5-14/h1-9,12,16H,10-11,13H2,(H,29,30,33);1-5,9,14-15H,6-8,10-13H2,(H,25,26,31);1,3-4,7-8,11,15-16H,2,5-6,9-10,12H2,(H,25,29);1-3,6-7,10,14-15H,4-5,8-9,11H2,(H,24,28)/t16-;15-;16-;15-/m0000/s1. The Hall–Kier alpha value is -12.7. The van der Waals surface area contributed by atoms with Crippen LogP contribution in [0.1, 0.15) is 87.3 Å². The number of aromatic nitrogens is 6. The van der Waals surface area contributed by atoms with Crippen LogP contribution in [0.25, 0.3) is 44.9 Å². The van der Waals surface area contributed by atoms with E-state index in [4.69, 9.17) is 9.40 Å². The van der Waals surface area contributed by atoms with Gasteiger partial charge in [0.1, 0.15) is 17.2 Å². The van der Waals surface area contributed by atoms with Crippen LogP contribution in [0.4, 0.5) is 136 Å². The summed E-state index contributed by atoms with van der Waals surface area (Å²) in [6, 6.07) is 41.6. The second kappa shape index (κ2) is 32.1. The summed E-state index contributed by atoms with van der Waals surface area (Å²) in [7, 11) is 0. The molecule has 24 nitrogen and oxygen atoms in total. The van der Waals surface area contributed by atoms with Crippen molar-refractivity contribution >= 4 is 98.9 Å². The zero-order chi connectivity index (χ0) is 84.7. The molecule has 0 radical (unpaired) electrons. The van der Waals surface area contributed by atoms with Crippen LogP contribution in [0, 0.1) is 5.92 Å². The van der Waals surface area contributed by atoms with Crippen LogP contribution in [0.15, 0.2) is 174 Å². The summed E-state index contributed by atoms with van der Waals surface area (Å²) in [6.45, 7) is 6.78. The number of alkyl halides is 12. The Morgan fingerprint density at radius 1 is 0.369 bits per heavy atom. The second-order valence-corrected chi connectivity index (χ2v) is 32.1. The van der Waals surface area contributed by atoms with Crippen LogP contribution in [-0.2, 0) is 18.5 Å². The lowest BCUT2D eigenvalue weighted by Gasteiger charge is -2.38. The van der Waals surface area contributed by atoms with E-state index < -0.39 is 53.3 Å². The number of amides is 8. The van der Waals surface area contributed by atoms with Gasteiger partial charge in [0.2, 0.25) is 0 Å². The van der Waals surface area contributed by atoms with Crippen molar-refractivity contribution in [2.75, 3.05) is 120 Å². The normalized spacial score (nSPS) is 20.0. The number of anilines is 11. The minimum absolute atomic E-state index is 0.00470. The van der Waals surface area contributed by atoms with Crippen molar-refractivity contribution < 1.29 is 76.3 Å².